The fraction of sp³-hybridized carbons (Fsp3) is 0.406. The molecule has 7 rings (SSSR count). The maximum atomic E-state index is 16.7. The van der Waals surface area contributed by atoms with Crippen LogP contribution in [0.25, 0.3) is 32.9 Å². The van der Waals surface area contributed by atoms with Crippen molar-refractivity contribution in [1.29, 1.82) is 0 Å². The van der Waals surface area contributed by atoms with Crippen molar-refractivity contribution in [2.45, 2.75) is 50.0 Å². The number of piperidine rings is 1. The lowest BCUT2D eigenvalue weighted by atomic mass is 9.95. The molecule has 5 heterocycles. The first-order chi connectivity index (χ1) is 21.5. The van der Waals surface area contributed by atoms with E-state index < -0.39 is 42.1 Å². The molecule has 0 unspecified atom stereocenters. The van der Waals surface area contributed by atoms with Gasteiger partial charge in [0.25, 0.3) is 0 Å². The van der Waals surface area contributed by atoms with E-state index in [9.17, 15) is 18.3 Å². The molecule has 2 aromatic carbocycles. The van der Waals surface area contributed by atoms with Crippen molar-refractivity contribution in [3.63, 3.8) is 0 Å². The van der Waals surface area contributed by atoms with Crippen LogP contribution in [0.1, 0.15) is 40.4 Å². The number of hydrogen-bond donors (Lipinski definition) is 1. The van der Waals surface area contributed by atoms with Crippen LogP contribution in [0.15, 0.2) is 30.5 Å². The molecule has 3 aliphatic rings. The summed E-state index contributed by atoms with van der Waals surface area (Å²) in [7, 11) is 0. The van der Waals surface area contributed by atoms with Gasteiger partial charge in [-0.2, -0.15) is 9.97 Å². The average molecular weight is 594 g/mol. The Bertz CT molecular complexity index is 1890. The number of phenols is 1. The van der Waals surface area contributed by atoms with E-state index in [4.69, 9.17) is 13.9 Å². The summed E-state index contributed by atoms with van der Waals surface area (Å²) in [6.07, 6.45) is 6.32. The van der Waals surface area contributed by atoms with E-state index in [2.05, 4.69) is 20.9 Å². The molecular weight excluding hydrogens is 562 g/mol. The molecule has 0 radical (unpaired) electrons. The molecule has 2 aromatic heterocycles. The van der Waals surface area contributed by atoms with E-state index in [1.165, 1.54) is 24.4 Å². The van der Waals surface area contributed by atoms with Crippen LogP contribution in [0, 0.1) is 24.0 Å². The van der Waals surface area contributed by atoms with Crippen molar-refractivity contribution >= 4 is 27.5 Å². The van der Waals surface area contributed by atoms with Crippen molar-refractivity contribution in [1.82, 2.24) is 19.9 Å². The van der Waals surface area contributed by atoms with Gasteiger partial charge in [-0.15, -0.1) is 6.42 Å². The van der Waals surface area contributed by atoms with Gasteiger partial charge in [-0.25, -0.2) is 17.6 Å². The van der Waals surface area contributed by atoms with Gasteiger partial charge < -0.3 is 14.7 Å². The van der Waals surface area contributed by atoms with Crippen LogP contribution >= 0.6 is 0 Å². The highest BCUT2D eigenvalue weighted by Gasteiger charge is 2.49. The molecule has 0 saturated carbocycles. The van der Waals surface area contributed by atoms with Crippen LogP contribution in [-0.2, 0) is 0 Å². The van der Waals surface area contributed by atoms with Crippen molar-refractivity contribution < 1.29 is 30.1 Å². The molecule has 7 nitrogen and oxygen atoms in total. The second kappa shape index (κ2) is 10.5. The maximum absolute atomic E-state index is 16.7. The number of halogens is 4. The third-order valence-corrected chi connectivity index (χ3v) is 8.69. The molecule has 3 aliphatic heterocycles. The lowest BCUT2D eigenvalue weighted by Crippen LogP contribution is -2.43. The zero-order chi connectivity index (χ0) is 31.7. The summed E-state index contributed by atoms with van der Waals surface area (Å²) in [5.74, 6) is 0.469. The number of aromatic hydroxyl groups is 1. The van der Waals surface area contributed by atoms with Crippen LogP contribution in [0.5, 0.6) is 11.8 Å². The summed E-state index contributed by atoms with van der Waals surface area (Å²) in [5, 5.41) is 11.1. The Kier molecular flexibility index (Phi) is 6.20. The standard InChI is InChI=1S/C32H29F4N5O2/c1-2-22-25(35)7-6-18-11-21(42)12-23(26(18)22)28-27(36)29-24(14-37-28)30(40-9-3-5-19(33)15-40)39-31(38-29)43-17-32-8-4-10-41(32)16-20(34)13-32/h1,6-7,11-12,14,19-20,42H,3-5,8-10,13,15-17H2/t19-,20+,32-/m0/s1/i17D2. The van der Waals surface area contributed by atoms with E-state index in [-0.39, 0.29) is 64.2 Å². The Labute approximate surface area is 248 Å². The number of rotatable bonds is 5. The quantitative estimate of drug-likeness (QED) is 0.235. The van der Waals surface area contributed by atoms with Gasteiger partial charge in [0.1, 0.15) is 47.5 Å². The highest BCUT2D eigenvalue weighted by Crippen LogP contribution is 2.42. The lowest BCUT2D eigenvalue weighted by molar-refractivity contribution is 0.107. The van der Waals surface area contributed by atoms with Gasteiger partial charge in [0.2, 0.25) is 0 Å². The SMILES string of the molecule is [2H]C([2H])(Oc1nc(N2CCC[C@H](F)C2)c2cnc(-c3cc(O)cc4ccc(F)c(C#C)c34)c(F)c2n1)[C@@]12CCCN1C[C@H](F)C2. The number of hydrogen-bond acceptors (Lipinski definition) is 7. The molecule has 0 aliphatic carbocycles. The predicted molar refractivity (Wildman–Crippen MR) is 155 cm³/mol. The summed E-state index contributed by atoms with van der Waals surface area (Å²) < 4.78 is 84.2. The number of benzene rings is 2. The van der Waals surface area contributed by atoms with Crippen molar-refractivity contribution in [2.24, 2.45) is 0 Å². The van der Waals surface area contributed by atoms with Crippen LogP contribution in [0.2, 0.25) is 0 Å². The first-order valence-electron chi connectivity index (χ1n) is 15.3. The monoisotopic (exact) mass is 593 g/mol. The molecular formula is C32H29F4N5O2. The van der Waals surface area contributed by atoms with Gasteiger partial charge in [0, 0.05) is 36.7 Å². The minimum atomic E-state index is -2.45. The summed E-state index contributed by atoms with van der Waals surface area (Å²) >= 11 is 0. The van der Waals surface area contributed by atoms with Crippen LogP contribution in [-0.4, -0.2) is 75.6 Å². The average Bonchev–Trinajstić information content (AvgIpc) is 3.55. The first-order valence-corrected chi connectivity index (χ1v) is 14.3. The van der Waals surface area contributed by atoms with Gasteiger partial charge in [-0.1, -0.05) is 12.0 Å². The van der Waals surface area contributed by atoms with E-state index >= 15 is 4.39 Å². The minimum absolute atomic E-state index is 0.0111. The topological polar surface area (TPSA) is 74.6 Å². The number of terminal acetylenes is 1. The number of phenolic OH excluding ortho intramolecular Hbond substituents is 1. The fourth-order valence-corrected chi connectivity index (χ4v) is 6.77. The van der Waals surface area contributed by atoms with E-state index in [1.807, 2.05) is 0 Å². The summed E-state index contributed by atoms with van der Waals surface area (Å²) in [6.45, 7) is -1.50. The maximum Gasteiger partial charge on any atom is 0.319 e. The summed E-state index contributed by atoms with van der Waals surface area (Å²) in [6, 6.07) is 4.64. The predicted octanol–water partition coefficient (Wildman–Crippen LogP) is 5.70. The molecule has 0 bridgehead atoms. The molecule has 0 amide bonds. The molecule has 222 valence electrons. The smallest absolute Gasteiger partial charge is 0.319 e. The highest BCUT2D eigenvalue weighted by molar-refractivity contribution is 6.03. The molecule has 1 N–H and O–H groups in total. The molecule has 43 heavy (non-hydrogen) atoms. The molecule has 3 fully saturated rings. The van der Waals surface area contributed by atoms with Crippen molar-refractivity contribution in [3.05, 3.63) is 47.7 Å². The van der Waals surface area contributed by atoms with Crippen LogP contribution in [0.3, 0.4) is 0 Å². The summed E-state index contributed by atoms with van der Waals surface area (Å²) in [5.41, 5.74) is -1.99. The molecule has 3 saturated heterocycles. The van der Waals surface area contributed by atoms with Gasteiger partial charge in [-0.05, 0) is 55.8 Å². The third-order valence-electron chi connectivity index (χ3n) is 8.69. The molecule has 3 atom stereocenters. The fourth-order valence-electron chi connectivity index (χ4n) is 6.77. The van der Waals surface area contributed by atoms with Crippen molar-refractivity contribution in [3.8, 4) is 35.4 Å². The lowest BCUT2D eigenvalue weighted by Gasteiger charge is -2.32. The first kappa shape index (κ1) is 25.3. The molecule has 0 spiro atoms. The number of fused-ring (bicyclic) bond motifs is 3. The number of ether oxygens (including phenoxy) is 1. The Morgan fingerprint density at radius 3 is 2.81 bits per heavy atom. The highest BCUT2D eigenvalue weighted by atomic mass is 19.1. The third kappa shape index (κ3) is 4.68. The zero-order valence-corrected chi connectivity index (χ0v) is 23.1. The normalized spacial score (nSPS) is 25.0. The van der Waals surface area contributed by atoms with Gasteiger partial charge in [0.15, 0.2) is 5.82 Å². The van der Waals surface area contributed by atoms with Gasteiger partial charge >= 0.3 is 6.01 Å². The van der Waals surface area contributed by atoms with Gasteiger partial charge in [0.05, 0.1) is 25.8 Å². The second-order valence-corrected chi connectivity index (χ2v) is 11.4. The summed E-state index contributed by atoms with van der Waals surface area (Å²) in [4.78, 5) is 16.4. The second-order valence-electron chi connectivity index (χ2n) is 11.4. The number of pyridine rings is 1. The van der Waals surface area contributed by atoms with Crippen molar-refractivity contribution in [2.75, 3.05) is 37.6 Å². The molecule has 4 aromatic rings. The van der Waals surface area contributed by atoms with E-state index in [0.717, 1.165) is 6.07 Å². The zero-order valence-electron chi connectivity index (χ0n) is 25.1. The van der Waals surface area contributed by atoms with E-state index in [0.29, 0.717) is 44.2 Å². The number of anilines is 1. The number of alkyl halides is 2. The minimum Gasteiger partial charge on any atom is -0.508 e. The Balaban J connectivity index is 1.42. The largest absolute Gasteiger partial charge is 0.508 e. The Hall–Kier alpha value is -4.17. The Morgan fingerprint density at radius 1 is 1.14 bits per heavy atom. The van der Waals surface area contributed by atoms with Crippen LogP contribution < -0.4 is 9.64 Å². The van der Waals surface area contributed by atoms with E-state index in [1.54, 1.807) is 9.80 Å². The number of aromatic nitrogens is 3. The van der Waals surface area contributed by atoms with Crippen LogP contribution in [0.4, 0.5) is 23.4 Å². The Morgan fingerprint density at radius 2 is 2.00 bits per heavy atom. The molecule has 11 heteroatoms. The van der Waals surface area contributed by atoms with Gasteiger partial charge in [-0.3, -0.25) is 9.88 Å². The number of nitrogens with zero attached hydrogens (tertiary/aromatic N) is 5.